The first-order valence-electron chi connectivity index (χ1n) is 8.82. The Bertz CT molecular complexity index is 772. The van der Waals surface area contributed by atoms with Crippen LogP contribution in [-0.2, 0) is 5.60 Å². The zero-order valence-corrected chi connectivity index (χ0v) is 18.7. The van der Waals surface area contributed by atoms with Crippen LogP contribution in [0.1, 0.15) is 69.4 Å². The third-order valence-electron chi connectivity index (χ3n) is 3.84. The molecule has 1 aromatic heterocycles. The molecule has 6 nitrogen and oxygen atoms in total. The molecule has 2 amide bonds. The number of nitrogens with two attached hydrogens (primary N) is 2. The summed E-state index contributed by atoms with van der Waals surface area (Å²) in [4.78, 5) is 15.9. The quantitative estimate of drug-likeness (QED) is 0.506. The van der Waals surface area contributed by atoms with E-state index in [9.17, 15) is 14.3 Å². The molecule has 0 unspecified atom stereocenters. The van der Waals surface area contributed by atoms with Crippen molar-refractivity contribution in [3.05, 3.63) is 40.2 Å². The Morgan fingerprint density at radius 3 is 2.04 bits per heavy atom. The second kappa shape index (κ2) is 10.2. The number of amides is 2. The summed E-state index contributed by atoms with van der Waals surface area (Å²) in [6, 6.07) is 2.27. The Hall–Kier alpha value is -1.68. The van der Waals surface area contributed by atoms with Crippen molar-refractivity contribution in [1.29, 1.82) is 0 Å². The standard InChI is InChI=1S/C13H19FN2O.C6H10N2OS2/c1-7(2)10-5-9(14)6-11(8(3)4)12(10)16-13(15)17;1-6(2,9)4-3-8-5(10-4)11-7/h5-8H,1-4H3,(H3,15,16,17);3,9H,7H2,1-2H3. The van der Waals surface area contributed by atoms with Crippen molar-refractivity contribution in [2.24, 2.45) is 10.9 Å². The minimum Gasteiger partial charge on any atom is -0.385 e. The predicted molar refractivity (Wildman–Crippen MR) is 115 cm³/mol. The third kappa shape index (κ3) is 7.05. The van der Waals surface area contributed by atoms with Crippen LogP contribution in [0, 0.1) is 5.82 Å². The summed E-state index contributed by atoms with van der Waals surface area (Å²) in [5.41, 5.74) is 6.54. The predicted octanol–water partition coefficient (Wildman–Crippen LogP) is 4.90. The molecule has 1 heterocycles. The Labute approximate surface area is 174 Å². The smallest absolute Gasteiger partial charge is 0.316 e. The van der Waals surface area contributed by atoms with Crippen molar-refractivity contribution in [2.45, 2.75) is 63.3 Å². The maximum Gasteiger partial charge on any atom is 0.316 e. The molecule has 0 fully saturated rings. The molecular weight excluding hydrogens is 399 g/mol. The van der Waals surface area contributed by atoms with E-state index in [-0.39, 0.29) is 17.7 Å². The van der Waals surface area contributed by atoms with Crippen molar-refractivity contribution < 1.29 is 14.3 Å². The van der Waals surface area contributed by atoms with Gasteiger partial charge in [-0.15, -0.1) is 11.3 Å². The van der Waals surface area contributed by atoms with Crippen LogP contribution in [0.4, 0.5) is 14.9 Å². The average molecular weight is 429 g/mol. The number of carbonyl (C=O) groups excluding carboxylic acids is 1. The van der Waals surface area contributed by atoms with Gasteiger partial charge in [0.2, 0.25) is 0 Å². The number of anilines is 1. The molecule has 9 heteroatoms. The van der Waals surface area contributed by atoms with Gasteiger partial charge in [0.25, 0.3) is 0 Å². The Morgan fingerprint density at radius 2 is 1.75 bits per heavy atom. The van der Waals surface area contributed by atoms with Gasteiger partial charge in [-0.25, -0.2) is 14.2 Å². The van der Waals surface area contributed by atoms with Crippen LogP contribution in [0.5, 0.6) is 0 Å². The summed E-state index contributed by atoms with van der Waals surface area (Å²) in [5, 5.41) is 17.4. The first kappa shape index (κ1) is 24.4. The number of hydrogen-bond donors (Lipinski definition) is 4. The van der Waals surface area contributed by atoms with Crippen LogP contribution in [0.2, 0.25) is 0 Å². The minimum absolute atomic E-state index is 0.116. The molecular formula is C19H29FN4O2S2. The van der Waals surface area contributed by atoms with E-state index in [0.717, 1.165) is 32.3 Å². The highest BCUT2D eigenvalue weighted by Crippen LogP contribution is 2.33. The lowest BCUT2D eigenvalue weighted by Gasteiger charge is -2.19. The maximum absolute atomic E-state index is 13.5. The Morgan fingerprint density at radius 1 is 1.25 bits per heavy atom. The number of urea groups is 1. The van der Waals surface area contributed by atoms with E-state index >= 15 is 0 Å². The van der Waals surface area contributed by atoms with Gasteiger partial charge in [-0.2, -0.15) is 0 Å². The van der Waals surface area contributed by atoms with Gasteiger partial charge in [0.15, 0.2) is 4.34 Å². The molecule has 1 aromatic carbocycles. The Balaban J connectivity index is 0.000000307. The first-order valence-corrected chi connectivity index (χ1v) is 10.5. The number of primary amides is 1. The lowest BCUT2D eigenvalue weighted by Crippen LogP contribution is -2.22. The summed E-state index contributed by atoms with van der Waals surface area (Å²) in [7, 11) is 0. The lowest BCUT2D eigenvalue weighted by atomic mass is 9.92. The van der Waals surface area contributed by atoms with Crippen LogP contribution in [0.15, 0.2) is 22.7 Å². The van der Waals surface area contributed by atoms with Crippen molar-refractivity contribution in [2.75, 3.05) is 5.32 Å². The molecule has 0 radical (unpaired) electrons. The van der Waals surface area contributed by atoms with E-state index in [1.807, 2.05) is 27.7 Å². The van der Waals surface area contributed by atoms with Crippen molar-refractivity contribution >= 4 is 35.0 Å². The number of halogens is 1. The van der Waals surface area contributed by atoms with Crippen molar-refractivity contribution in [3.8, 4) is 0 Å². The number of aliphatic hydroxyl groups is 1. The zero-order valence-electron chi connectivity index (χ0n) is 17.0. The van der Waals surface area contributed by atoms with Gasteiger partial charge in [-0.3, -0.25) is 5.14 Å². The van der Waals surface area contributed by atoms with Gasteiger partial charge in [-0.05, 0) is 60.9 Å². The monoisotopic (exact) mass is 428 g/mol. The van der Waals surface area contributed by atoms with Crippen LogP contribution in [0.3, 0.4) is 0 Å². The largest absolute Gasteiger partial charge is 0.385 e. The van der Waals surface area contributed by atoms with E-state index in [1.165, 1.54) is 23.5 Å². The molecule has 2 rings (SSSR count). The fourth-order valence-electron chi connectivity index (χ4n) is 2.42. The molecule has 156 valence electrons. The zero-order chi connectivity index (χ0) is 21.6. The minimum atomic E-state index is -0.800. The van der Waals surface area contributed by atoms with Crippen molar-refractivity contribution in [1.82, 2.24) is 4.98 Å². The topological polar surface area (TPSA) is 114 Å². The summed E-state index contributed by atoms with van der Waals surface area (Å²) >= 11 is 2.52. The number of aromatic nitrogens is 1. The molecule has 0 aliphatic carbocycles. The second-order valence-electron chi connectivity index (χ2n) is 7.43. The number of hydrogen-bond acceptors (Lipinski definition) is 6. The molecule has 0 aliphatic heterocycles. The highest BCUT2D eigenvalue weighted by Gasteiger charge is 2.19. The van der Waals surface area contributed by atoms with Gasteiger partial charge >= 0.3 is 6.03 Å². The summed E-state index contributed by atoms with van der Waals surface area (Å²) < 4.78 is 14.3. The van der Waals surface area contributed by atoms with Gasteiger partial charge in [0.05, 0.1) is 10.5 Å². The van der Waals surface area contributed by atoms with Gasteiger partial charge in [-0.1, -0.05) is 27.7 Å². The number of benzene rings is 1. The maximum atomic E-state index is 13.5. The molecule has 0 saturated heterocycles. The van der Waals surface area contributed by atoms with Crippen LogP contribution >= 0.6 is 23.3 Å². The number of carbonyl (C=O) groups is 1. The van der Waals surface area contributed by atoms with E-state index < -0.39 is 11.6 Å². The SMILES string of the molecule is CC(C)(O)c1cnc(SN)s1.CC(C)c1cc(F)cc(C(C)C)c1NC(N)=O. The highest BCUT2D eigenvalue weighted by molar-refractivity contribution is 7.98. The summed E-state index contributed by atoms with van der Waals surface area (Å²) in [6.07, 6.45) is 1.65. The van der Waals surface area contributed by atoms with Gasteiger partial charge < -0.3 is 16.2 Å². The number of thiazole rings is 1. The summed E-state index contributed by atoms with van der Waals surface area (Å²) in [5.74, 6) is -0.0532. The fraction of sp³-hybridized carbons (Fsp3) is 0.474. The van der Waals surface area contributed by atoms with Crippen LogP contribution in [0.25, 0.3) is 0 Å². The molecule has 0 bridgehead atoms. The third-order valence-corrected chi connectivity index (χ3v) is 5.80. The molecule has 0 aliphatic rings. The number of nitrogens with zero attached hydrogens (tertiary/aromatic N) is 1. The molecule has 0 saturated carbocycles. The van der Waals surface area contributed by atoms with E-state index in [1.54, 1.807) is 20.0 Å². The van der Waals surface area contributed by atoms with E-state index in [4.69, 9.17) is 10.9 Å². The number of rotatable bonds is 5. The van der Waals surface area contributed by atoms with E-state index in [0.29, 0.717) is 5.69 Å². The average Bonchev–Trinajstić information content (AvgIpc) is 3.05. The van der Waals surface area contributed by atoms with Crippen LogP contribution < -0.4 is 16.2 Å². The van der Waals surface area contributed by atoms with Crippen LogP contribution in [-0.4, -0.2) is 16.1 Å². The molecule has 0 atom stereocenters. The molecule has 0 spiro atoms. The number of nitrogens with one attached hydrogen (secondary N) is 1. The second-order valence-corrected chi connectivity index (χ2v) is 9.34. The highest BCUT2D eigenvalue weighted by atomic mass is 32.2. The van der Waals surface area contributed by atoms with Gasteiger partial charge in [0.1, 0.15) is 5.82 Å². The first-order chi connectivity index (χ1) is 12.9. The molecule has 2 aromatic rings. The van der Waals surface area contributed by atoms with Crippen molar-refractivity contribution in [3.63, 3.8) is 0 Å². The molecule has 28 heavy (non-hydrogen) atoms. The van der Waals surface area contributed by atoms with E-state index in [2.05, 4.69) is 10.3 Å². The lowest BCUT2D eigenvalue weighted by molar-refractivity contribution is 0.0823. The summed E-state index contributed by atoms with van der Waals surface area (Å²) in [6.45, 7) is 11.3. The Kier molecular flexibility index (Phi) is 8.87. The fourth-order valence-corrected chi connectivity index (χ4v) is 3.65. The van der Waals surface area contributed by atoms with Gasteiger partial charge in [0, 0.05) is 11.9 Å². The molecule has 6 N–H and O–H groups in total. The normalized spacial score (nSPS) is 11.4.